The number of nitrogens with zero attached hydrogens (tertiary/aromatic N) is 2. The second kappa shape index (κ2) is 8.87. The first-order valence-electron chi connectivity index (χ1n) is 7.24. The quantitative estimate of drug-likeness (QED) is 0.922. The highest BCUT2D eigenvalue weighted by atomic mass is 35.5. The van der Waals surface area contributed by atoms with Crippen LogP contribution in [0, 0.1) is 0 Å². The number of benzene rings is 1. The number of nitrogens with one attached hydrogen (secondary N) is 1. The van der Waals surface area contributed by atoms with Gasteiger partial charge in [-0.15, -0.1) is 24.8 Å². The van der Waals surface area contributed by atoms with Crippen LogP contribution in [-0.2, 0) is 0 Å². The molecule has 0 bridgehead atoms. The fourth-order valence-corrected chi connectivity index (χ4v) is 2.68. The van der Waals surface area contributed by atoms with Gasteiger partial charge in [0.25, 0.3) is 5.91 Å². The van der Waals surface area contributed by atoms with Crippen molar-refractivity contribution >= 4 is 30.7 Å². The minimum Gasteiger partial charge on any atom is -0.337 e. The van der Waals surface area contributed by atoms with Crippen LogP contribution in [0.4, 0.5) is 0 Å². The zero-order valence-corrected chi connectivity index (χ0v) is 14.6. The Morgan fingerprint density at radius 3 is 2.57 bits per heavy atom. The molecular formula is C17H21Cl2N3O. The van der Waals surface area contributed by atoms with Gasteiger partial charge in [0.05, 0.1) is 5.56 Å². The molecule has 23 heavy (non-hydrogen) atoms. The molecule has 0 saturated carbocycles. The van der Waals surface area contributed by atoms with Crippen molar-refractivity contribution in [3.63, 3.8) is 0 Å². The topological polar surface area (TPSA) is 45.2 Å². The number of amides is 1. The van der Waals surface area contributed by atoms with E-state index in [0.29, 0.717) is 5.56 Å². The van der Waals surface area contributed by atoms with E-state index in [-0.39, 0.29) is 36.8 Å². The highest BCUT2D eigenvalue weighted by Gasteiger charge is 2.24. The minimum atomic E-state index is 0. The number of hydrogen-bond donors (Lipinski definition) is 1. The fourth-order valence-electron chi connectivity index (χ4n) is 2.68. The van der Waals surface area contributed by atoms with Gasteiger partial charge in [0.15, 0.2) is 0 Å². The summed E-state index contributed by atoms with van der Waals surface area (Å²) in [4.78, 5) is 18.6. The third kappa shape index (κ3) is 4.44. The van der Waals surface area contributed by atoms with Gasteiger partial charge in [-0.1, -0.05) is 30.3 Å². The van der Waals surface area contributed by atoms with Gasteiger partial charge < -0.3 is 10.2 Å². The lowest BCUT2D eigenvalue weighted by Gasteiger charge is -2.23. The van der Waals surface area contributed by atoms with Gasteiger partial charge in [-0.05, 0) is 24.6 Å². The molecule has 6 heteroatoms. The lowest BCUT2D eigenvalue weighted by molar-refractivity contribution is 0.0743. The zero-order chi connectivity index (χ0) is 14.7. The summed E-state index contributed by atoms with van der Waals surface area (Å²) in [6, 6.07) is 12.2. The van der Waals surface area contributed by atoms with Crippen LogP contribution >= 0.6 is 24.8 Å². The molecule has 1 aromatic heterocycles. The molecule has 1 aliphatic heterocycles. The largest absolute Gasteiger partial charge is 0.337 e. The van der Waals surface area contributed by atoms with Gasteiger partial charge in [-0.2, -0.15) is 0 Å². The molecule has 1 saturated heterocycles. The highest BCUT2D eigenvalue weighted by Crippen LogP contribution is 2.20. The lowest BCUT2D eigenvalue weighted by Crippen LogP contribution is -2.38. The minimum absolute atomic E-state index is 0. The highest BCUT2D eigenvalue weighted by molar-refractivity contribution is 5.95. The molecule has 1 atom stereocenters. The smallest absolute Gasteiger partial charge is 0.255 e. The Bertz CT molecular complexity index is 631. The Hall–Kier alpha value is -1.62. The van der Waals surface area contributed by atoms with Gasteiger partial charge in [-0.3, -0.25) is 9.78 Å². The van der Waals surface area contributed by atoms with Gasteiger partial charge in [0.1, 0.15) is 0 Å². The molecule has 2 heterocycles. The molecule has 0 spiro atoms. The van der Waals surface area contributed by atoms with Crippen molar-refractivity contribution in [3.05, 3.63) is 54.4 Å². The van der Waals surface area contributed by atoms with Crippen LogP contribution in [0.25, 0.3) is 11.1 Å². The van der Waals surface area contributed by atoms with E-state index < -0.39 is 0 Å². The number of carbonyl (C=O) groups is 1. The summed E-state index contributed by atoms with van der Waals surface area (Å²) < 4.78 is 0. The van der Waals surface area contributed by atoms with Crippen molar-refractivity contribution in [2.45, 2.75) is 12.5 Å². The van der Waals surface area contributed by atoms with Gasteiger partial charge in [0, 0.05) is 37.6 Å². The molecule has 1 aromatic carbocycles. The van der Waals surface area contributed by atoms with E-state index in [2.05, 4.69) is 10.3 Å². The van der Waals surface area contributed by atoms with Gasteiger partial charge in [0.2, 0.25) is 0 Å². The van der Waals surface area contributed by atoms with E-state index in [1.54, 1.807) is 12.4 Å². The van der Waals surface area contributed by atoms with E-state index in [9.17, 15) is 4.79 Å². The monoisotopic (exact) mass is 353 g/mol. The van der Waals surface area contributed by atoms with Crippen molar-refractivity contribution in [3.8, 4) is 11.1 Å². The van der Waals surface area contributed by atoms with Crippen molar-refractivity contribution in [1.29, 1.82) is 0 Å². The molecule has 0 aliphatic carbocycles. The number of likely N-dealkylation sites (N-methyl/N-ethyl adjacent to an activating group) is 1. The number of rotatable bonds is 3. The lowest BCUT2D eigenvalue weighted by atomic mass is 10.1. The molecular weight excluding hydrogens is 333 g/mol. The van der Waals surface area contributed by atoms with Crippen LogP contribution in [-0.4, -0.2) is 42.0 Å². The molecule has 1 unspecified atom stereocenters. The van der Waals surface area contributed by atoms with Crippen molar-refractivity contribution in [2.75, 3.05) is 20.1 Å². The summed E-state index contributed by atoms with van der Waals surface area (Å²) in [5, 5.41) is 3.29. The van der Waals surface area contributed by atoms with Crippen LogP contribution in [0.3, 0.4) is 0 Å². The summed E-state index contributed by atoms with van der Waals surface area (Å²) >= 11 is 0. The molecule has 1 amide bonds. The maximum Gasteiger partial charge on any atom is 0.255 e. The van der Waals surface area contributed by atoms with Crippen molar-refractivity contribution in [2.24, 2.45) is 0 Å². The van der Waals surface area contributed by atoms with Crippen molar-refractivity contribution < 1.29 is 4.79 Å². The average Bonchev–Trinajstić information content (AvgIpc) is 3.09. The van der Waals surface area contributed by atoms with Crippen LogP contribution in [0.15, 0.2) is 48.8 Å². The zero-order valence-electron chi connectivity index (χ0n) is 12.9. The molecule has 124 valence electrons. The SMILES string of the molecule is CN(C(=O)c1cncc(-c2ccccc2)c1)C1CCNC1.Cl.Cl. The second-order valence-electron chi connectivity index (χ2n) is 5.39. The third-order valence-corrected chi connectivity index (χ3v) is 3.99. The van der Waals surface area contributed by atoms with E-state index in [1.165, 1.54) is 0 Å². The Morgan fingerprint density at radius 2 is 1.91 bits per heavy atom. The second-order valence-corrected chi connectivity index (χ2v) is 5.39. The van der Waals surface area contributed by atoms with Gasteiger partial charge in [-0.25, -0.2) is 0 Å². The van der Waals surface area contributed by atoms with E-state index in [1.807, 2.05) is 48.3 Å². The Kier molecular flexibility index (Phi) is 7.49. The number of halogens is 2. The predicted molar refractivity (Wildman–Crippen MR) is 97.5 cm³/mol. The Labute approximate surface area is 149 Å². The Balaban J connectivity index is 0.00000132. The summed E-state index contributed by atoms with van der Waals surface area (Å²) in [6.45, 7) is 1.85. The van der Waals surface area contributed by atoms with Gasteiger partial charge >= 0.3 is 0 Å². The standard InChI is InChI=1S/C17H19N3O.2ClH/c1-20(16-7-8-18-12-16)17(21)15-9-14(10-19-11-15)13-5-3-2-4-6-13;;/h2-6,9-11,16,18H,7-8,12H2,1H3;2*1H. The van der Waals surface area contributed by atoms with Crippen LogP contribution in [0.5, 0.6) is 0 Å². The number of pyridine rings is 1. The maximum atomic E-state index is 12.6. The molecule has 2 aromatic rings. The van der Waals surface area contributed by atoms with Crippen LogP contribution in [0.2, 0.25) is 0 Å². The molecule has 4 nitrogen and oxygen atoms in total. The summed E-state index contributed by atoms with van der Waals surface area (Å²) in [7, 11) is 1.87. The van der Waals surface area contributed by atoms with E-state index in [0.717, 1.165) is 30.6 Å². The van der Waals surface area contributed by atoms with Crippen LogP contribution in [0.1, 0.15) is 16.8 Å². The summed E-state index contributed by atoms with van der Waals surface area (Å²) in [5.74, 6) is 0.0361. The molecule has 3 rings (SSSR count). The summed E-state index contributed by atoms with van der Waals surface area (Å²) in [6.07, 6.45) is 4.45. The first-order chi connectivity index (χ1) is 10.3. The number of carbonyl (C=O) groups excluding carboxylic acids is 1. The first kappa shape index (κ1) is 19.4. The maximum absolute atomic E-state index is 12.6. The predicted octanol–water partition coefficient (Wildman–Crippen LogP) is 3.03. The Morgan fingerprint density at radius 1 is 1.17 bits per heavy atom. The average molecular weight is 354 g/mol. The number of hydrogen-bond acceptors (Lipinski definition) is 3. The number of aromatic nitrogens is 1. The normalized spacial score (nSPS) is 16.1. The third-order valence-electron chi connectivity index (χ3n) is 3.99. The molecule has 0 radical (unpaired) electrons. The fraction of sp³-hybridized carbons (Fsp3) is 0.294. The summed E-state index contributed by atoms with van der Waals surface area (Å²) in [5.41, 5.74) is 2.69. The van der Waals surface area contributed by atoms with Crippen molar-refractivity contribution in [1.82, 2.24) is 15.2 Å². The first-order valence-corrected chi connectivity index (χ1v) is 7.24. The molecule has 1 N–H and O–H groups in total. The van der Waals surface area contributed by atoms with E-state index in [4.69, 9.17) is 0 Å². The molecule has 1 aliphatic rings. The van der Waals surface area contributed by atoms with Crippen LogP contribution < -0.4 is 5.32 Å². The van der Waals surface area contributed by atoms with E-state index >= 15 is 0 Å². The molecule has 1 fully saturated rings.